The van der Waals surface area contributed by atoms with Crippen LogP contribution in [0.2, 0.25) is 0 Å². The van der Waals surface area contributed by atoms with Crippen LogP contribution in [-0.2, 0) is 4.79 Å². The van der Waals surface area contributed by atoms with Crippen molar-refractivity contribution in [3.63, 3.8) is 0 Å². The number of nitrogens with zero attached hydrogens (tertiary/aromatic N) is 2. The Balaban J connectivity index is 2.00. The van der Waals surface area contributed by atoms with Gasteiger partial charge in [0.05, 0.1) is 12.8 Å². The Morgan fingerprint density at radius 2 is 1.96 bits per heavy atom. The average Bonchev–Trinajstić information content (AvgIpc) is 2.77. The molecule has 1 aliphatic rings. The number of imide groups is 1. The fourth-order valence-electron chi connectivity index (χ4n) is 2.12. The van der Waals surface area contributed by atoms with E-state index in [4.69, 9.17) is 4.74 Å². The molecule has 6 nitrogen and oxygen atoms in total. The second-order valence-electron chi connectivity index (χ2n) is 5.75. The number of rotatable bonds is 7. The van der Waals surface area contributed by atoms with Crippen LogP contribution in [-0.4, -0.2) is 35.3 Å². The maximum absolute atomic E-state index is 12.2. The zero-order valence-corrected chi connectivity index (χ0v) is 13.8. The number of ether oxygens (including phenoxy) is 1. The third-order valence-electron chi connectivity index (χ3n) is 3.92. The molecule has 0 spiro atoms. The van der Waals surface area contributed by atoms with Gasteiger partial charge in [0.1, 0.15) is 11.3 Å². The number of unbranched alkanes of at least 4 members (excludes halogenated alkanes) is 1. The second kappa shape index (κ2) is 7.26. The second-order valence-corrected chi connectivity index (χ2v) is 5.75. The van der Waals surface area contributed by atoms with Crippen molar-refractivity contribution in [2.75, 3.05) is 6.61 Å². The lowest BCUT2D eigenvalue weighted by Crippen LogP contribution is -2.42. The van der Waals surface area contributed by atoms with Gasteiger partial charge in [0.2, 0.25) is 0 Å². The van der Waals surface area contributed by atoms with Gasteiger partial charge >= 0.3 is 6.03 Å². The molecule has 124 valence electrons. The molecule has 1 aromatic carbocycles. The van der Waals surface area contributed by atoms with E-state index in [2.05, 4.69) is 17.3 Å². The molecule has 2 rings (SSSR count). The van der Waals surface area contributed by atoms with Crippen LogP contribution >= 0.6 is 0 Å². The van der Waals surface area contributed by atoms with Gasteiger partial charge in [0.15, 0.2) is 0 Å². The lowest BCUT2D eigenvalue weighted by Gasteiger charge is -2.17. The van der Waals surface area contributed by atoms with E-state index >= 15 is 0 Å². The van der Waals surface area contributed by atoms with Crippen molar-refractivity contribution in [3.8, 4) is 5.75 Å². The van der Waals surface area contributed by atoms with E-state index in [1.165, 1.54) is 6.21 Å². The Kier molecular flexibility index (Phi) is 5.36. The number of nitrogens with one attached hydrogen (secondary N) is 1. The summed E-state index contributed by atoms with van der Waals surface area (Å²) in [5.41, 5.74) is -0.0793. The third kappa shape index (κ3) is 3.88. The van der Waals surface area contributed by atoms with E-state index < -0.39 is 11.6 Å². The van der Waals surface area contributed by atoms with Gasteiger partial charge in [0, 0.05) is 0 Å². The fourth-order valence-corrected chi connectivity index (χ4v) is 2.12. The molecule has 0 saturated carbocycles. The number of carbonyl (C=O) groups is 2. The Morgan fingerprint density at radius 1 is 1.26 bits per heavy atom. The highest BCUT2D eigenvalue weighted by atomic mass is 16.5. The highest BCUT2D eigenvalue weighted by Crippen LogP contribution is 2.21. The summed E-state index contributed by atoms with van der Waals surface area (Å²) < 4.78 is 5.58. The third-order valence-corrected chi connectivity index (χ3v) is 3.92. The minimum Gasteiger partial charge on any atom is -0.494 e. The molecule has 1 aliphatic heterocycles. The molecule has 6 heteroatoms. The van der Waals surface area contributed by atoms with Gasteiger partial charge in [0.25, 0.3) is 5.91 Å². The topological polar surface area (TPSA) is 71.0 Å². The van der Waals surface area contributed by atoms with Crippen LogP contribution in [0.25, 0.3) is 0 Å². The number of urea groups is 1. The number of hydrogen-bond acceptors (Lipinski definition) is 4. The van der Waals surface area contributed by atoms with Gasteiger partial charge in [-0.05, 0) is 49.6 Å². The van der Waals surface area contributed by atoms with E-state index in [0.29, 0.717) is 13.0 Å². The summed E-state index contributed by atoms with van der Waals surface area (Å²) in [6, 6.07) is 6.87. The van der Waals surface area contributed by atoms with Gasteiger partial charge in [-0.3, -0.25) is 4.79 Å². The number of benzene rings is 1. The Morgan fingerprint density at radius 3 is 2.52 bits per heavy atom. The van der Waals surface area contributed by atoms with Gasteiger partial charge in [-0.25, -0.2) is 4.79 Å². The summed E-state index contributed by atoms with van der Waals surface area (Å²) in [5, 5.41) is 7.55. The van der Waals surface area contributed by atoms with E-state index in [0.717, 1.165) is 29.2 Å². The fraction of sp³-hybridized carbons (Fsp3) is 0.471. The molecule has 3 amide bonds. The minimum absolute atomic E-state index is 0.333. The SMILES string of the molecule is CCCCOc1ccc(/C=N\N2C(=O)N[C@@](C)(CC)C2=O)cc1. The first-order valence-electron chi connectivity index (χ1n) is 7.93. The van der Waals surface area contributed by atoms with Crippen molar-refractivity contribution in [3.05, 3.63) is 29.8 Å². The van der Waals surface area contributed by atoms with Crippen molar-refractivity contribution < 1.29 is 14.3 Å². The first kappa shape index (κ1) is 17.0. The Labute approximate surface area is 136 Å². The molecule has 1 aromatic rings. The van der Waals surface area contributed by atoms with Crippen LogP contribution in [0.1, 0.15) is 45.6 Å². The van der Waals surface area contributed by atoms with Crippen LogP contribution in [0, 0.1) is 0 Å². The highest BCUT2D eigenvalue weighted by Gasteiger charge is 2.46. The van der Waals surface area contributed by atoms with Crippen molar-refractivity contribution in [2.45, 2.75) is 45.6 Å². The summed E-state index contributed by atoms with van der Waals surface area (Å²) in [5.74, 6) is 0.463. The molecule has 0 radical (unpaired) electrons. The van der Waals surface area contributed by atoms with Gasteiger partial charge in [-0.2, -0.15) is 5.10 Å². The largest absolute Gasteiger partial charge is 0.494 e. The molecule has 1 fully saturated rings. The van der Waals surface area contributed by atoms with Crippen LogP contribution in [0.15, 0.2) is 29.4 Å². The van der Waals surface area contributed by atoms with E-state index in [1.54, 1.807) is 6.92 Å². The number of amides is 3. The predicted molar refractivity (Wildman–Crippen MR) is 88.5 cm³/mol. The minimum atomic E-state index is -0.870. The molecule has 23 heavy (non-hydrogen) atoms. The highest BCUT2D eigenvalue weighted by molar-refractivity contribution is 6.07. The normalized spacial score (nSPS) is 21.1. The predicted octanol–water partition coefficient (Wildman–Crippen LogP) is 2.92. The monoisotopic (exact) mass is 317 g/mol. The van der Waals surface area contributed by atoms with Crippen LogP contribution < -0.4 is 10.1 Å². The molecule has 1 saturated heterocycles. The molecule has 1 atom stereocenters. The van der Waals surface area contributed by atoms with Gasteiger partial charge in [-0.1, -0.05) is 20.3 Å². The molecule has 0 aromatic heterocycles. The summed E-state index contributed by atoms with van der Waals surface area (Å²) in [4.78, 5) is 24.0. The van der Waals surface area contributed by atoms with Crippen molar-refractivity contribution >= 4 is 18.2 Å². The zero-order valence-electron chi connectivity index (χ0n) is 13.8. The first-order valence-corrected chi connectivity index (χ1v) is 7.93. The van der Waals surface area contributed by atoms with Crippen molar-refractivity contribution in [2.24, 2.45) is 5.10 Å². The lowest BCUT2D eigenvalue weighted by molar-refractivity contribution is -0.130. The van der Waals surface area contributed by atoms with Crippen LogP contribution in [0.4, 0.5) is 4.79 Å². The molecule has 1 heterocycles. The molecule has 1 N–H and O–H groups in total. The molecule has 0 unspecified atom stereocenters. The average molecular weight is 317 g/mol. The summed E-state index contributed by atoms with van der Waals surface area (Å²) in [6.45, 7) is 6.36. The van der Waals surface area contributed by atoms with Gasteiger partial charge < -0.3 is 10.1 Å². The number of hydrazone groups is 1. The van der Waals surface area contributed by atoms with Gasteiger partial charge in [-0.15, -0.1) is 5.01 Å². The molecule has 0 aliphatic carbocycles. The van der Waals surface area contributed by atoms with E-state index in [1.807, 2.05) is 31.2 Å². The summed E-state index contributed by atoms with van der Waals surface area (Å²) in [7, 11) is 0. The number of carbonyl (C=O) groups excluding carboxylic acids is 2. The van der Waals surface area contributed by atoms with E-state index in [9.17, 15) is 9.59 Å². The quantitative estimate of drug-likeness (QED) is 0.477. The standard InChI is InChI=1S/C17H23N3O3/c1-4-6-11-23-14-9-7-13(8-10-14)12-18-20-15(21)17(3,5-2)19-16(20)22/h7-10,12H,4-6,11H2,1-3H3,(H,19,22)/b18-12-/t17-/m0/s1. The summed E-state index contributed by atoms with van der Waals surface area (Å²) >= 11 is 0. The summed E-state index contributed by atoms with van der Waals surface area (Å²) in [6.07, 6.45) is 4.13. The van der Waals surface area contributed by atoms with Crippen LogP contribution in [0.5, 0.6) is 5.75 Å². The zero-order chi connectivity index (χ0) is 16.9. The lowest BCUT2D eigenvalue weighted by atomic mass is 10.00. The first-order chi connectivity index (χ1) is 11.0. The molecular weight excluding hydrogens is 294 g/mol. The maximum atomic E-state index is 12.2. The molecular formula is C17H23N3O3. The van der Waals surface area contributed by atoms with Crippen LogP contribution in [0.3, 0.4) is 0 Å². The van der Waals surface area contributed by atoms with Crippen molar-refractivity contribution in [1.82, 2.24) is 10.3 Å². The smallest absolute Gasteiger partial charge is 0.346 e. The maximum Gasteiger partial charge on any atom is 0.346 e. The number of hydrogen-bond donors (Lipinski definition) is 1. The van der Waals surface area contributed by atoms with E-state index in [-0.39, 0.29) is 5.91 Å². The molecule has 0 bridgehead atoms. The van der Waals surface area contributed by atoms with Crippen molar-refractivity contribution in [1.29, 1.82) is 0 Å². The Hall–Kier alpha value is -2.37. The Bertz CT molecular complexity index is 598.